The lowest BCUT2D eigenvalue weighted by atomic mass is 9.96. The normalized spacial score (nSPS) is 26.7. The molecule has 2 atom stereocenters. The van der Waals surface area contributed by atoms with Gasteiger partial charge in [0, 0.05) is 19.1 Å². The Balaban J connectivity index is 1.73. The third-order valence-corrected chi connectivity index (χ3v) is 3.86. The Morgan fingerprint density at radius 2 is 2.28 bits per heavy atom. The first-order valence-electron chi connectivity index (χ1n) is 6.97. The van der Waals surface area contributed by atoms with E-state index >= 15 is 0 Å². The van der Waals surface area contributed by atoms with Crippen molar-refractivity contribution >= 4 is 0 Å². The van der Waals surface area contributed by atoms with Crippen LogP contribution in [0.3, 0.4) is 0 Å². The van der Waals surface area contributed by atoms with E-state index in [4.69, 9.17) is 9.47 Å². The number of ether oxygens (including phenoxy) is 2. The lowest BCUT2D eigenvalue weighted by Gasteiger charge is -2.30. The van der Waals surface area contributed by atoms with Gasteiger partial charge >= 0.3 is 0 Å². The summed E-state index contributed by atoms with van der Waals surface area (Å²) in [6.07, 6.45) is 3.48. The summed E-state index contributed by atoms with van der Waals surface area (Å²) in [5, 5.41) is 3.53. The van der Waals surface area contributed by atoms with E-state index in [0.717, 1.165) is 44.8 Å². The molecule has 2 aliphatic rings. The molecule has 0 aliphatic carbocycles. The number of rotatable bonds is 3. The van der Waals surface area contributed by atoms with Gasteiger partial charge in [-0.25, -0.2) is 0 Å². The number of hydrogen-bond acceptors (Lipinski definition) is 3. The second-order valence-corrected chi connectivity index (χ2v) is 5.10. The highest BCUT2D eigenvalue weighted by Crippen LogP contribution is 2.33. The highest BCUT2D eigenvalue weighted by atomic mass is 16.5. The lowest BCUT2D eigenvalue weighted by Crippen LogP contribution is -2.35. The van der Waals surface area contributed by atoms with Gasteiger partial charge in [0.15, 0.2) is 0 Å². The fourth-order valence-corrected chi connectivity index (χ4v) is 2.91. The molecule has 3 rings (SSSR count). The molecule has 2 aliphatic heterocycles. The number of fused-ring (bicyclic) bond motifs is 1. The van der Waals surface area contributed by atoms with E-state index in [1.54, 1.807) is 0 Å². The minimum atomic E-state index is 0.244. The third kappa shape index (κ3) is 2.38. The first-order valence-corrected chi connectivity index (χ1v) is 6.97. The first kappa shape index (κ1) is 12.0. The molecule has 3 heteroatoms. The monoisotopic (exact) mass is 247 g/mol. The van der Waals surface area contributed by atoms with Gasteiger partial charge in [0.1, 0.15) is 5.75 Å². The summed E-state index contributed by atoms with van der Waals surface area (Å²) in [5.74, 6) is 1.05. The van der Waals surface area contributed by atoms with Crippen molar-refractivity contribution in [1.82, 2.24) is 5.32 Å². The van der Waals surface area contributed by atoms with Crippen molar-refractivity contribution in [3.05, 3.63) is 29.3 Å². The minimum absolute atomic E-state index is 0.244. The summed E-state index contributed by atoms with van der Waals surface area (Å²) >= 11 is 0. The van der Waals surface area contributed by atoms with Crippen LogP contribution in [0.5, 0.6) is 5.75 Å². The van der Waals surface area contributed by atoms with Crippen LogP contribution in [-0.2, 0) is 11.2 Å². The van der Waals surface area contributed by atoms with Gasteiger partial charge in [-0.15, -0.1) is 0 Å². The largest absolute Gasteiger partial charge is 0.493 e. The first-order chi connectivity index (χ1) is 8.86. The Morgan fingerprint density at radius 1 is 1.33 bits per heavy atom. The lowest BCUT2D eigenvalue weighted by molar-refractivity contribution is 0.000560. The molecule has 1 N–H and O–H groups in total. The van der Waals surface area contributed by atoms with E-state index in [1.807, 2.05) is 0 Å². The molecule has 1 aromatic carbocycles. The molecule has 0 bridgehead atoms. The van der Waals surface area contributed by atoms with E-state index in [2.05, 4.69) is 30.4 Å². The third-order valence-electron chi connectivity index (χ3n) is 3.86. The zero-order chi connectivity index (χ0) is 12.4. The van der Waals surface area contributed by atoms with Gasteiger partial charge in [0.2, 0.25) is 0 Å². The molecule has 0 amide bonds. The van der Waals surface area contributed by atoms with Gasteiger partial charge in [0.25, 0.3) is 0 Å². The van der Waals surface area contributed by atoms with E-state index in [0.29, 0.717) is 6.04 Å². The van der Waals surface area contributed by atoms with Crippen LogP contribution in [0.4, 0.5) is 0 Å². The van der Waals surface area contributed by atoms with Crippen molar-refractivity contribution in [2.75, 3.05) is 19.8 Å². The van der Waals surface area contributed by atoms with Gasteiger partial charge in [-0.1, -0.05) is 13.0 Å². The summed E-state index contributed by atoms with van der Waals surface area (Å²) in [6, 6.07) is 7.11. The second-order valence-electron chi connectivity index (χ2n) is 5.10. The van der Waals surface area contributed by atoms with Gasteiger partial charge in [-0.3, -0.25) is 0 Å². The van der Waals surface area contributed by atoms with Gasteiger partial charge in [-0.05, 0) is 42.6 Å². The fourth-order valence-electron chi connectivity index (χ4n) is 2.91. The number of benzene rings is 1. The molecular formula is C15H21NO2. The molecule has 18 heavy (non-hydrogen) atoms. The van der Waals surface area contributed by atoms with Crippen LogP contribution < -0.4 is 10.1 Å². The molecular weight excluding hydrogens is 226 g/mol. The van der Waals surface area contributed by atoms with E-state index < -0.39 is 0 Å². The maximum absolute atomic E-state index is 5.92. The second kappa shape index (κ2) is 5.29. The Labute approximate surface area is 108 Å². The average molecular weight is 247 g/mol. The Bertz CT molecular complexity index is 417. The van der Waals surface area contributed by atoms with Crippen LogP contribution in [0.1, 0.15) is 37.0 Å². The van der Waals surface area contributed by atoms with Crippen molar-refractivity contribution < 1.29 is 9.47 Å². The summed E-state index contributed by atoms with van der Waals surface area (Å²) in [4.78, 5) is 0. The van der Waals surface area contributed by atoms with Crippen LogP contribution >= 0.6 is 0 Å². The number of nitrogens with one attached hydrogen (secondary N) is 1. The molecule has 1 aromatic rings. The molecule has 0 spiro atoms. The topological polar surface area (TPSA) is 30.5 Å². The van der Waals surface area contributed by atoms with Gasteiger partial charge in [0.05, 0.1) is 12.7 Å². The Hall–Kier alpha value is -1.06. The van der Waals surface area contributed by atoms with Gasteiger partial charge < -0.3 is 14.8 Å². The van der Waals surface area contributed by atoms with Crippen molar-refractivity contribution in [2.24, 2.45) is 0 Å². The Kier molecular flexibility index (Phi) is 3.52. The van der Waals surface area contributed by atoms with Crippen molar-refractivity contribution in [3.8, 4) is 5.75 Å². The molecule has 2 unspecified atom stereocenters. The summed E-state index contributed by atoms with van der Waals surface area (Å²) in [5.41, 5.74) is 2.64. The van der Waals surface area contributed by atoms with Crippen molar-refractivity contribution in [3.63, 3.8) is 0 Å². The molecule has 0 saturated carbocycles. The standard InChI is InChI=1S/C15H21NO2/c1-2-16-13-6-8-18-15(10-13)11-3-4-14-12(9-11)5-7-17-14/h3-4,9,13,15-16H,2,5-8,10H2,1H3. The van der Waals surface area contributed by atoms with Crippen molar-refractivity contribution in [2.45, 2.75) is 38.3 Å². The highest BCUT2D eigenvalue weighted by molar-refractivity contribution is 5.40. The predicted molar refractivity (Wildman–Crippen MR) is 71.0 cm³/mol. The molecule has 2 heterocycles. The van der Waals surface area contributed by atoms with Crippen LogP contribution in [0.15, 0.2) is 18.2 Å². The van der Waals surface area contributed by atoms with E-state index in [-0.39, 0.29) is 6.10 Å². The molecule has 3 nitrogen and oxygen atoms in total. The zero-order valence-electron chi connectivity index (χ0n) is 10.9. The van der Waals surface area contributed by atoms with E-state index in [1.165, 1.54) is 11.1 Å². The van der Waals surface area contributed by atoms with Crippen LogP contribution in [0, 0.1) is 0 Å². The minimum Gasteiger partial charge on any atom is -0.493 e. The highest BCUT2D eigenvalue weighted by Gasteiger charge is 2.24. The van der Waals surface area contributed by atoms with Crippen LogP contribution in [-0.4, -0.2) is 25.8 Å². The average Bonchev–Trinajstić information content (AvgIpc) is 2.86. The SMILES string of the molecule is CCNC1CCOC(c2ccc3c(c2)CCO3)C1. The summed E-state index contributed by atoms with van der Waals surface area (Å²) in [6.45, 7) is 4.88. The molecule has 0 aromatic heterocycles. The zero-order valence-corrected chi connectivity index (χ0v) is 10.9. The fraction of sp³-hybridized carbons (Fsp3) is 0.600. The van der Waals surface area contributed by atoms with Crippen LogP contribution in [0.25, 0.3) is 0 Å². The van der Waals surface area contributed by atoms with Gasteiger partial charge in [-0.2, -0.15) is 0 Å². The Morgan fingerprint density at radius 3 is 3.17 bits per heavy atom. The molecule has 1 saturated heterocycles. The smallest absolute Gasteiger partial charge is 0.122 e. The maximum atomic E-state index is 5.92. The van der Waals surface area contributed by atoms with E-state index in [9.17, 15) is 0 Å². The number of hydrogen-bond donors (Lipinski definition) is 1. The summed E-state index contributed by atoms with van der Waals surface area (Å²) in [7, 11) is 0. The van der Waals surface area contributed by atoms with Crippen molar-refractivity contribution in [1.29, 1.82) is 0 Å². The summed E-state index contributed by atoms with van der Waals surface area (Å²) < 4.78 is 11.5. The molecule has 98 valence electrons. The molecule has 0 radical (unpaired) electrons. The quantitative estimate of drug-likeness (QED) is 0.890. The maximum Gasteiger partial charge on any atom is 0.122 e. The predicted octanol–water partition coefficient (Wildman–Crippen LogP) is 2.45. The van der Waals surface area contributed by atoms with Crippen LogP contribution in [0.2, 0.25) is 0 Å². The molecule has 1 fully saturated rings.